The molecule has 5 nitrogen and oxygen atoms in total. The average Bonchev–Trinajstić information content (AvgIpc) is 3.18. The molecule has 0 radical (unpaired) electrons. The maximum atomic E-state index is 12.6. The van der Waals surface area contributed by atoms with Gasteiger partial charge >= 0.3 is 0 Å². The number of anilines is 1. The van der Waals surface area contributed by atoms with Crippen LogP contribution in [0, 0.1) is 20.8 Å². The van der Waals surface area contributed by atoms with Crippen molar-refractivity contribution in [2.24, 2.45) is 0 Å². The molecule has 4 rings (SSSR count). The number of carbonyl (C=O) groups excluding carboxylic acids is 1. The number of nitrogens with zero attached hydrogens (tertiary/aromatic N) is 3. The van der Waals surface area contributed by atoms with Gasteiger partial charge in [-0.15, -0.1) is 0 Å². The lowest BCUT2D eigenvalue weighted by Crippen LogP contribution is -2.15. The molecule has 0 saturated carbocycles. The summed E-state index contributed by atoms with van der Waals surface area (Å²) in [7, 11) is 0. The molecule has 0 aliphatic heterocycles. The summed E-state index contributed by atoms with van der Waals surface area (Å²) in [6.07, 6.45) is 0. The molecule has 1 amide bonds. The monoisotopic (exact) mass is 440 g/mol. The van der Waals surface area contributed by atoms with E-state index < -0.39 is 0 Å². The summed E-state index contributed by atoms with van der Waals surface area (Å²) >= 11 is 4.95. The molecular weight excluding hydrogens is 424 g/mol. The van der Waals surface area contributed by atoms with Gasteiger partial charge in [0.2, 0.25) is 5.13 Å². The Balaban J connectivity index is 1.72. The molecule has 0 atom stereocenters. The number of hydrogen-bond acceptors (Lipinski definition) is 4. The van der Waals surface area contributed by atoms with Crippen LogP contribution in [-0.4, -0.2) is 20.7 Å². The lowest BCUT2D eigenvalue weighted by atomic mass is 10.1. The first kappa shape index (κ1) is 17.9. The zero-order valence-corrected chi connectivity index (χ0v) is 17.5. The summed E-state index contributed by atoms with van der Waals surface area (Å²) in [4.78, 5) is 17.3. The molecule has 0 aliphatic carbocycles. The van der Waals surface area contributed by atoms with Gasteiger partial charge in [0.05, 0.1) is 15.9 Å². The normalized spacial score (nSPS) is 11.1. The maximum absolute atomic E-state index is 12.6. The van der Waals surface area contributed by atoms with Gasteiger partial charge in [-0.05, 0) is 62.2 Å². The van der Waals surface area contributed by atoms with Gasteiger partial charge in [-0.2, -0.15) is 9.78 Å². The van der Waals surface area contributed by atoms with E-state index in [1.165, 1.54) is 11.1 Å². The van der Waals surface area contributed by atoms with E-state index in [2.05, 4.69) is 52.3 Å². The number of fused-ring (bicyclic) bond motifs is 1. The van der Waals surface area contributed by atoms with E-state index in [4.69, 9.17) is 4.98 Å². The number of benzene rings is 2. The van der Waals surface area contributed by atoms with Crippen molar-refractivity contribution in [1.29, 1.82) is 0 Å². The van der Waals surface area contributed by atoms with Gasteiger partial charge in [0.25, 0.3) is 5.91 Å². The van der Waals surface area contributed by atoms with Crippen molar-refractivity contribution in [1.82, 2.24) is 14.8 Å². The number of thiazole rings is 1. The SMILES string of the molecule is Cc1cc(NC(=O)c2cccc(Br)c2)n(-c2nc3cc(C)c(C)cc3s2)n1. The highest BCUT2D eigenvalue weighted by Gasteiger charge is 2.16. The summed E-state index contributed by atoms with van der Waals surface area (Å²) in [5.74, 6) is 0.412. The Hall–Kier alpha value is -2.51. The fourth-order valence-corrected chi connectivity index (χ4v) is 4.22. The highest BCUT2D eigenvalue weighted by atomic mass is 79.9. The predicted molar refractivity (Wildman–Crippen MR) is 113 cm³/mol. The van der Waals surface area contributed by atoms with Crippen molar-refractivity contribution >= 4 is 49.2 Å². The molecule has 0 unspecified atom stereocenters. The van der Waals surface area contributed by atoms with Crippen LogP contribution in [0.5, 0.6) is 0 Å². The van der Waals surface area contributed by atoms with Crippen LogP contribution in [0.15, 0.2) is 46.9 Å². The zero-order chi connectivity index (χ0) is 19.1. The number of nitrogens with one attached hydrogen (secondary N) is 1. The van der Waals surface area contributed by atoms with Crippen molar-refractivity contribution < 1.29 is 4.79 Å². The summed E-state index contributed by atoms with van der Waals surface area (Å²) in [5, 5.41) is 8.20. The number of amides is 1. The van der Waals surface area contributed by atoms with Crippen molar-refractivity contribution in [3.63, 3.8) is 0 Å². The van der Waals surface area contributed by atoms with Gasteiger partial charge in [0.1, 0.15) is 5.82 Å². The Labute approximate surface area is 169 Å². The van der Waals surface area contributed by atoms with Gasteiger partial charge in [0.15, 0.2) is 0 Å². The summed E-state index contributed by atoms with van der Waals surface area (Å²) in [6, 6.07) is 13.3. The van der Waals surface area contributed by atoms with Crippen LogP contribution in [-0.2, 0) is 0 Å². The summed E-state index contributed by atoms with van der Waals surface area (Å²) < 4.78 is 3.66. The Kier molecular flexibility index (Phi) is 4.57. The second kappa shape index (κ2) is 6.90. The van der Waals surface area contributed by atoms with Crippen LogP contribution in [0.3, 0.4) is 0 Å². The lowest BCUT2D eigenvalue weighted by molar-refractivity contribution is 0.102. The number of aromatic nitrogens is 3. The van der Waals surface area contributed by atoms with E-state index in [-0.39, 0.29) is 5.91 Å². The molecule has 1 N–H and O–H groups in total. The first-order valence-electron chi connectivity index (χ1n) is 8.42. The third kappa shape index (κ3) is 3.52. The first-order valence-corrected chi connectivity index (χ1v) is 10.0. The largest absolute Gasteiger partial charge is 0.306 e. The van der Waals surface area contributed by atoms with E-state index in [0.717, 1.165) is 25.5 Å². The molecule has 0 fully saturated rings. The standard InChI is InChI=1S/C20H17BrN4OS/c1-11-7-16-17(8-12(11)2)27-20(22-16)25-18(9-13(3)24-25)23-19(26)14-5-4-6-15(21)10-14/h4-10H,1-3H3,(H,23,26). The second-order valence-corrected chi connectivity index (χ2v) is 8.37. The van der Waals surface area contributed by atoms with Crippen LogP contribution in [0.1, 0.15) is 27.2 Å². The van der Waals surface area contributed by atoms with Crippen molar-refractivity contribution in [2.45, 2.75) is 20.8 Å². The highest BCUT2D eigenvalue weighted by molar-refractivity contribution is 9.10. The van der Waals surface area contributed by atoms with Crippen molar-refractivity contribution in [3.05, 3.63) is 69.3 Å². The smallest absolute Gasteiger partial charge is 0.256 e. The number of aryl methyl sites for hydroxylation is 3. The molecule has 136 valence electrons. The molecular formula is C20H17BrN4OS. The fraction of sp³-hybridized carbons (Fsp3) is 0.150. The predicted octanol–water partition coefficient (Wildman–Crippen LogP) is 5.42. The van der Waals surface area contributed by atoms with Crippen LogP contribution in [0.4, 0.5) is 5.82 Å². The van der Waals surface area contributed by atoms with Crippen LogP contribution in [0.25, 0.3) is 15.3 Å². The lowest BCUT2D eigenvalue weighted by Gasteiger charge is -2.06. The van der Waals surface area contributed by atoms with E-state index in [9.17, 15) is 4.79 Å². The third-order valence-corrected chi connectivity index (χ3v) is 5.82. The molecule has 27 heavy (non-hydrogen) atoms. The molecule has 4 aromatic rings. The average molecular weight is 441 g/mol. The first-order chi connectivity index (χ1) is 12.9. The molecule has 0 aliphatic rings. The van der Waals surface area contributed by atoms with Crippen LogP contribution >= 0.6 is 27.3 Å². The zero-order valence-electron chi connectivity index (χ0n) is 15.1. The Bertz CT molecular complexity index is 1140. The van der Waals surface area contributed by atoms with Gasteiger partial charge in [-0.3, -0.25) is 4.79 Å². The minimum Gasteiger partial charge on any atom is -0.306 e. The Morgan fingerprint density at radius 1 is 1.11 bits per heavy atom. The quantitative estimate of drug-likeness (QED) is 0.462. The molecule has 2 heterocycles. The van der Waals surface area contributed by atoms with Crippen LogP contribution < -0.4 is 5.32 Å². The number of rotatable bonds is 3. The molecule has 0 saturated heterocycles. The Morgan fingerprint density at radius 2 is 1.89 bits per heavy atom. The molecule has 0 bridgehead atoms. The van der Waals surface area contributed by atoms with E-state index in [1.54, 1.807) is 28.2 Å². The molecule has 2 aromatic heterocycles. The third-order valence-electron chi connectivity index (χ3n) is 4.33. The Morgan fingerprint density at radius 3 is 2.67 bits per heavy atom. The molecule has 0 spiro atoms. The fourth-order valence-electron chi connectivity index (χ4n) is 2.81. The number of hydrogen-bond donors (Lipinski definition) is 1. The van der Waals surface area contributed by atoms with E-state index >= 15 is 0 Å². The summed E-state index contributed by atoms with van der Waals surface area (Å²) in [6.45, 7) is 6.07. The molecule has 2 aromatic carbocycles. The highest BCUT2D eigenvalue weighted by Crippen LogP contribution is 2.29. The number of carbonyl (C=O) groups is 1. The van der Waals surface area contributed by atoms with Gasteiger partial charge in [0, 0.05) is 16.1 Å². The van der Waals surface area contributed by atoms with Gasteiger partial charge in [-0.1, -0.05) is 33.3 Å². The van der Waals surface area contributed by atoms with E-state index in [1.807, 2.05) is 25.1 Å². The minimum absolute atomic E-state index is 0.190. The van der Waals surface area contributed by atoms with Gasteiger partial charge in [-0.25, -0.2) is 4.98 Å². The molecule has 7 heteroatoms. The number of halogens is 1. The van der Waals surface area contributed by atoms with Gasteiger partial charge < -0.3 is 5.32 Å². The minimum atomic E-state index is -0.190. The second-order valence-electron chi connectivity index (χ2n) is 6.45. The summed E-state index contributed by atoms with van der Waals surface area (Å²) in [5.41, 5.74) is 4.77. The van der Waals surface area contributed by atoms with Crippen LogP contribution in [0.2, 0.25) is 0 Å². The van der Waals surface area contributed by atoms with Crippen molar-refractivity contribution in [2.75, 3.05) is 5.32 Å². The van der Waals surface area contributed by atoms with E-state index in [0.29, 0.717) is 11.4 Å². The maximum Gasteiger partial charge on any atom is 0.256 e. The topological polar surface area (TPSA) is 59.8 Å². The van der Waals surface area contributed by atoms with Crippen molar-refractivity contribution in [3.8, 4) is 5.13 Å².